The van der Waals surface area contributed by atoms with E-state index in [9.17, 15) is 13.2 Å². The lowest BCUT2D eigenvalue weighted by Crippen LogP contribution is -2.50. The van der Waals surface area contributed by atoms with Gasteiger partial charge in [-0.3, -0.25) is 4.79 Å². The molecule has 0 bridgehead atoms. The Morgan fingerprint density at radius 1 is 1.04 bits per heavy atom. The minimum absolute atomic E-state index is 0.126. The lowest BCUT2D eigenvalue weighted by Gasteiger charge is -2.33. The topological polar surface area (TPSA) is 75.5 Å². The molecule has 1 aliphatic rings. The van der Waals surface area contributed by atoms with Gasteiger partial charge in [0.15, 0.2) is 0 Å². The van der Waals surface area contributed by atoms with Crippen LogP contribution in [0.2, 0.25) is 0 Å². The van der Waals surface area contributed by atoms with Crippen LogP contribution in [-0.2, 0) is 10.0 Å². The number of sulfonamides is 1. The molecule has 0 N–H and O–H groups in total. The zero-order valence-corrected chi connectivity index (χ0v) is 17.0. The summed E-state index contributed by atoms with van der Waals surface area (Å²) < 4.78 is 26.6. The fourth-order valence-electron chi connectivity index (χ4n) is 3.23. The van der Waals surface area contributed by atoms with Crippen molar-refractivity contribution in [3.05, 3.63) is 59.6 Å². The number of carbonyl (C=O) groups is 1. The molecule has 4 rings (SSSR count). The molecule has 1 aromatic carbocycles. The smallest absolute Gasteiger partial charge is 0.257 e. The molecule has 1 fully saturated rings. The number of hydrogen-bond donors (Lipinski definition) is 0. The van der Waals surface area contributed by atoms with Crippen LogP contribution in [0.1, 0.15) is 10.4 Å². The number of aromatic nitrogens is 2. The van der Waals surface area contributed by atoms with Crippen molar-refractivity contribution in [1.29, 1.82) is 0 Å². The zero-order valence-electron chi connectivity index (χ0n) is 15.4. The van der Waals surface area contributed by atoms with Gasteiger partial charge in [-0.25, -0.2) is 13.1 Å². The van der Waals surface area contributed by atoms with E-state index in [1.165, 1.54) is 21.9 Å². The molecule has 0 saturated carbocycles. The Morgan fingerprint density at radius 2 is 1.75 bits per heavy atom. The Morgan fingerprint density at radius 3 is 2.36 bits per heavy atom. The lowest BCUT2D eigenvalue weighted by molar-refractivity contribution is 0.0699. The van der Waals surface area contributed by atoms with Crippen molar-refractivity contribution in [2.45, 2.75) is 0 Å². The van der Waals surface area contributed by atoms with E-state index in [-0.39, 0.29) is 5.91 Å². The maximum Gasteiger partial charge on any atom is 0.257 e. The summed E-state index contributed by atoms with van der Waals surface area (Å²) in [5.74, 6) is -0.126. The molecule has 3 aromatic rings. The summed E-state index contributed by atoms with van der Waals surface area (Å²) in [5, 5.41) is 6.62. The third-order valence-corrected chi connectivity index (χ3v) is 6.89. The van der Waals surface area contributed by atoms with E-state index in [1.807, 2.05) is 47.8 Å². The summed E-state index contributed by atoms with van der Waals surface area (Å²) in [6.45, 7) is 1.36. The van der Waals surface area contributed by atoms with Gasteiger partial charge in [0, 0.05) is 32.4 Å². The van der Waals surface area contributed by atoms with Gasteiger partial charge in [0.05, 0.1) is 22.4 Å². The standard InChI is InChI=1S/C19H20N4O3S2/c1-28(25,26)22-11-9-21(10-12-22)19(24)16-14-23(15-6-3-2-4-7-15)20-18(16)17-8-5-13-27-17/h2-8,13-14H,9-12H2,1H3. The predicted molar refractivity (Wildman–Crippen MR) is 109 cm³/mol. The van der Waals surface area contributed by atoms with Crippen molar-refractivity contribution in [3.8, 4) is 16.3 Å². The minimum atomic E-state index is -3.23. The van der Waals surface area contributed by atoms with Crippen LogP contribution >= 0.6 is 11.3 Å². The first-order chi connectivity index (χ1) is 13.4. The number of nitrogens with zero attached hydrogens (tertiary/aromatic N) is 4. The van der Waals surface area contributed by atoms with E-state index in [4.69, 9.17) is 0 Å². The van der Waals surface area contributed by atoms with Gasteiger partial charge in [-0.15, -0.1) is 11.3 Å². The maximum atomic E-state index is 13.2. The van der Waals surface area contributed by atoms with Crippen LogP contribution in [0.15, 0.2) is 54.0 Å². The first kappa shape index (κ1) is 18.9. The number of amides is 1. The van der Waals surface area contributed by atoms with Crippen LogP contribution in [0.25, 0.3) is 16.3 Å². The second-order valence-electron chi connectivity index (χ2n) is 6.60. The molecule has 0 aliphatic carbocycles. The van der Waals surface area contributed by atoms with Gasteiger partial charge in [0.1, 0.15) is 5.69 Å². The van der Waals surface area contributed by atoms with Gasteiger partial charge in [0.2, 0.25) is 10.0 Å². The van der Waals surface area contributed by atoms with Crippen molar-refractivity contribution < 1.29 is 13.2 Å². The normalized spacial score (nSPS) is 15.7. The monoisotopic (exact) mass is 416 g/mol. The van der Waals surface area contributed by atoms with Crippen LogP contribution in [0.4, 0.5) is 0 Å². The molecule has 2 aromatic heterocycles. The molecular weight excluding hydrogens is 396 g/mol. The van der Waals surface area contributed by atoms with Crippen molar-refractivity contribution in [1.82, 2.24) is 19.0 Å². The molecule has 9 heteroatoms. The Bertz CT molecular complexity index is 1070. The molecule has 1 saturated heterocycles. The molecule has 3 heterocycles. The van der Waals surface area contributed by atoms with Gasteiger partial charge in [-0.05, 0) is 23.6 Å². The Hall–Kier alpha value is -2.49. The molecule has 1 amide bonds. The van der Waals surface area contributed by atoms with Crippen LogP contribution in [0, 0.1) is 0 Å². The summed E-state index contributed by atoms with van der Waals surface area (Å²) in [6.07, 6.45) is 2.96. The highest BCUT2D eigenvalue weighted by Crippen LogP contribution is 2.29. The van der Waals surface area contributed by atoms with Crippen molar-refractivity contribution in [2.75, 3.05) is 32.4 Å². The summed E-state index contributed by atoms with van der Waals surface area (Å²) >= 11 is 1.53. The zero-order chi connectivity index (χ0) is 19.7. The van der Waals surface area contributed by atoms with Crippen LogP contribution < -0.4 is 0 Å². The first-order valence-electron chi connectivity index (χ1n) is 8.87. The SMILES string of the molecule is CS(=O)(=O)N1CCN(C(=O)c2cn(-c3ccccc3)nc2-c2cccs2)CC1. The second kappa shape index (κ2) is 7.50. The van der Waals surface area contributed by atoms with Gasteiger partial charge in [0.25, 0.3) is 5.91 Å². The average molecular weight is 417 g/mol. The number of hydrogen-bond acceptors (Lipinski definition) is 5. The summed E-state index contributed by atoms with van der Waals surface area (Å²) in [7, 11) is -3.23. The summed E-state index contributed by atoms with van der Waals surface area (Å²) in [5.41, 5.74) is 2.05. The van der Waals surface area contributed by atoms with Crippen molar-refractivity contribution in [3.63, 3.8) is 0 Å². The predicted octanol–water partition coefficient (Wildman–Crippen LogP) is 2.32. The lowest BCUT2D eigenvalue weighted by atomic mass is 10.2. The Balaban J connectivity index is 1.65. The minimum Gasteiger partial charge on any atom is -0.336 e. The van der Waals surface area contributed by atoms with Crippen LogP contribution in [0.3, 0.4) is 0 Å². The molecule has 0 atom stereocenters. The maximum absolute atomic E-state index is 13.2. The van der Waals surface area contributed by atoms with E-state index in [2.05, 4.69) is 5.10 Å². The van der Waals surface area contributed by atoms with Crippen molar-refractivity contribution >= 4 is 27.3 Å². The Labute approximate surface area is 167 Å². The fraction of sp³-hybridized carbons (Fsp3) is 0.263. The van der Waals surface area contributed by atoms with E-state index < -0.39 is 10.0 Å². The first-order valence-corrected chi connectivity index (χ1v) is 11.6. The molecule has 146 valence electrons. The van der Waals surface area contributed by atoms with E-state index in [0.29, 0.717) is 37.4 Å². The number of rotatable bonds is 4. The number of thiophene rings is 1. The molecule has 28 heavy (non-hydrogen) atoms. The van der Waals surface area contributed by atoms with E-state index in [0.717, 1.165) is 10.6 Å². The third-order valence-electron chi connectivity index (χ3n) is 4.71. The second-order valence-corrected chi connectivity index (χ2v) is 9.53. The number of benzene rings is 1. The molecule has 0 unspecified atom stereocenters. The highest BCUT2D eigenvalue weighted by molar-refractivity contribution is 7.88. The quantitative estimate of drug-likeness (QED) is 0.654. The van der Waals surface area contributed by atoms with Crippen LogP contribution in [0.5, 0.6) is 0 Å². The Kier molecular flexibility index (Phi) is 5.05. The van der Waals surface area contributed by atoms with Gasteiger partial charge in [-0.2, -0.15) is 9.40 Å². The summed E-state index contributed by atoms with van der Waals surface area (Å²) in [6, 6.07) is 13.5. The molecule has 0 spiro atoms. The molecular formula is C19H20N4O3S2. The molecule has 1 aliphatic heterocycles. The van der Waals surface area contributed by atoms with Crippen LogP contribution in [-0.4, -0.2) is 65.7 Å². The average Bonchev–Trinajstić information content (AvgIpc) is 3.37. The molecule has 0 radical (unpaired) electrons. The van der Waals surface area contributed by atoms with E-state index >= 15 is 0 Å². The van der Waals surface area contributed by atoms with Gasteiger partial charge >= 0.3 is 0 Å². The summed E-state index contributed by atoms with van der Waals surface area (Å²) in [4.78, 5) is 15.8. The highest BCUT2D eigenvalue weighted by atomic mass is 32.2. The van der Waals surface area contributed by atoms with Crippen molar-refractivity contribution in [2.24, 2.45) is 0 Å². The van der Waals surface area contributed by atoms with Gasteiger partial charge in [-0.1, -0.05) is 24.3 Å². The molecule has 7 nitrogen and oxygen atoms in total. The number of piperazine rings is 1. The third kappa shape index (κ3) is 3.73. The highest BCUT2D eigenvalue weighted by Gasteiger charge is 2.29. The fourth-order valence-corrected chi connectivity index (χ4v) is 4.78. The largest absolute Gasteiger partial charge is 0.336 e. The number of carbonyl (C=O) groups excluding carboxylic acids is 1. The van der Waals surface area contributed by atoms with E-state index in [1.54, 1.807) is 15.8 Å². The van der Waals surface area contributed by atoms with Gasteiger partial charge < -0.3 is 4.90 Å². The number of para-hydroxylation sites is 1.